The van der Waals surface area contributed by atoms with E-state index in [-0.39, 0.29) is 5.41 Å². The summed E-state index contributed by atoms with van der Waals surface area (Å²) >= 11 is 0. The first-order valence-corrected chi connectivity index (χ1v) is 5.98. The molecule has 2 heterocycles. The second kappa shape index (κ2) is 4.42. The summed E-state index contributed by atoms with van der Waals surface area (Å²) in [6.45, 7) is 8.81. The Kier molecular flexibility index (Phi) is 3.15. The molecule has 1 aliphatic rings. The molecule has 0 aromatic carbocycles. The van der Waals surface area contributed by atoms with E-state index in [0.717, 1.165) is 18.8 Å². The highest BCUT2D eigenvalue weighted by atomic mass is 15.0. The Balaban J connectivity index is 2.09. The van der Waals surface area contributed by atoms with Gasteiger partial charge in [-0.25, -0.2) is 0 Å². The van der Waals surface area contributed by atoms with E-state index in [0.29, 0.717) is 6.04 Å². The highest BCUT2D eigenvalue weighted by Crippen LogP contribution is 2.24. The van der Waals surface area contributed by atoms with Crippen LogP contribution in [0.2, 0.25) is 0 Å². The van der Waals surface area contributed by atoms with Crippen molar-refractivity contribution in [3.8, 4) is 0 Å². The van der Waals surface area contributed by atoms with E-state index < -0.39 is 0 Å². The van der Waals surface area contributed by atoms with Crippen LogP contribution in [-0.2, 0) is 5.41 Å². The Labute approximate surface area is 97.7 Å². The molecule has 16 heavy (non-hydrogen) atoms. The molecule has 1 saturated heterocycles. The summed E-state index contributed by atoms with van der Waals surface area (Å²) in [6, 6.07) is 2.77. The van der Waals surface area contributed by atoms with Gasteiger partial charge in [-0.05, 0) is 30.0 Å². The summed E-state index contributed by atoms with van der Waals surface area (Å²) in [5, 5.41) is 6.88. The molecule has 0 spiro atoms. The summed E-state index contributed by atoms with van der Waals surface area (Å²) in [4.78, 5) is 4.31. The predicted molar refractivity (Wildman–Crippen MR) is 67.8 cm³/mol. The first kappa shape index (κ1) is 11.4. The maximum Gasteiger partial charge on any atom is 0.0532 e. The summed E-state index contributed by atoms with van der Waals surface area (Å²) in [5.74, 6) is 0. The zero-order valence-electron chi connectivity index (χ0n) is 10.4. The van der Waals surface area contributed by atoms with E-state index in [4.69, 9.17) is 0 Å². The standard InChI is InChI=1S/C13H21N3/c1-13(2,3)10-6-12(9-15-7-10)16-11-4-5-14-8-11/h6-7,9,11,14,16H,4-5,8H2,1-3H3. The maximum absolute atomic E-state index is 4.31. The number of hydrogen-bond donors (Lipinski definition) is 2. The predicted octanol–water partition coefficient (Wildman–Crippen LogP) is 2.15. The second-order valence-electron chi connectivity index (χ2n) is 5.55. The third kappa shape index (κ3) is 2.73. The molecule has 1 aromatic heterocycles. The second-order valence-corrected chi connectivity index (χ2v) is 5.55. The van der Waals surface area contributed by atoms with Crippen LogP contribution >= 0.6 is 0 Å². The molecule has 1 aliphatic heterocycles. The molecule has 1 aromatic rings. The van der Waals surface area contributed by atoms with Gasteiger partial charge in [0.05, 0.1) is 5.69 Å². The SMILES string of the molecule is CC(C)(C)c1cncc(NC2CCNC2)c1. The largest absolute Gasteiger partial charge is 0.380 e. The van der Waals surface area contributed by atoms with Gasteiger partial charge in [0, 0.05) is 25.0 Å². The first-order valence-electron chi connectivity index (χ1n) is 5.98. The van der Waals surface area contributed by atoms with Crippen LogP contribution in [-0.4, -0.2) is 24.1 Å². The molecule has 2 N–H and O–H groups in total. The third-order valence-electron chi connectivity index (χ3n) is 3.04. The van der Waals surface area contributed by atoms with Crippen molar-refractivity contribution < 1.29 is 0 Å². The lowest BCUT2D eigenvalue weighted by Crippen LogP contribution is -2.22. The average molecular weight is 219 g/mol. The summed E-state index contributed by atoms with van der Waals surface area (Å²) in [5.41, 5.74) is 2.59. The van der Waals surface area contributed by atoms with Gasteiger partial charge in [-0.2, -0.15) is 0 Å². The highest BCUT2D eigenvalue weighted by Gasteiger charge is 2.17. The molecule has 1 fully saturated rings. The Morgan fingerprint density at radius 3 is 2.81 bits per heavy atom. The van der Waals surface area contributed by atoms with Crippen molar-refractivity contribution in [2.24, 2.45) is 0 Å². The molecule has 0 bridgehead atoms. The molecule has 0 aliphatic carbocycles. The first-order chi connectivity index (χ1) is 7.55. The molecule has 0 amide bonds. The van der Waals surface area contributed by atoms with Crippen molar-refractivity contribution in [1.29, 1.82) is 0 Å². The smallest absolute Gasteiger partial charge is 0.0532 e. The fourth-order valence-corrected chi connectivity index (χ4v) is 1.94. The van der Waals surface area contributed by atoms with E-state index in [1.165, 1.54) is 12.0 Å². The quantitative estimate of drug-likeness (QED) is 0.800. The molecule has 0 saturated carbocycles. The Morgan fingerprint density at radius 1 is 1.38 bits per heavy atom. The van der Waals surface area contributed by atoms with E-state index in [1.54, 1.807) is 0 Å². The van der Waals surface area contributed by atoms with E-state index in [1.807, 2.05) is 12.4 Å². The van der Waals surface area contributed by atoms with Crippen molar-refractivity contribution in [3.05, 3.63) is 24.0 Å². The van der Waals surface area contributed by atoms with Crippen LogP contribution < -0.4 is 10.6 Å². The topological polar surface area (TPSA) is 37.0 Å². The van der Waals surface area contributed by atoms with Crippen LogP contribution in [0, 0.1) is 0 Å². The number of anilines is 1. The van der Waals surface area contributed by atoms with Gasteiger partial charge in [0.15, 0.2) is 0 Å². The lowest BCUT2D eigenvalue weighted by Gasteiger charge is -2.20. The van der Waals surface area contributed by atoms with E-state index in [2.05, 4.69) is 42.5 Å². The van der Waals surface area contributed by atoms with Crippen LogP contribution in [0.15, 0.2) is 18.5 Å². The van der Waals surface area contributed by atoms with Gasteiger partial charge in [0.1, 0.15) is 0 Å². The molecule has 1 unspecified atom stereocenters. The van der Waals surface area contributed by atoms with Gasteiger partial charge >= 0.3 is 0 Å². The van der Waals surface area contributed by atoms with Crippen LogP contribution in [0.1, 0.15) is 32.8 Å². The van der Waals surface area contributed by atoms with Gasteiger partial charge in [0.2, 0.25) is 0 Å². The number of nitrogens with one attached hydrogen (secondary N) is 2. The minimum absolute atomic E-state index is 0.165. The molecular weight excluding hydrogens is 198 g/mol. The number of hydrogen-bond acceptors (Lipinski definition) is 3. The van der Waals surface area contributed by atoms with Gasteiger partial charge in [0.25, 0.3) is 0 Å². The highest BCUT2D eigenvalue weighted by molar-refractivity contribution is 5.45. The fourth-order valence-electron chi connectivity index (χ4n) is 1.94. The molecular formula is C13H21N3. The molecule has 1 atom stereocenters. The van der Waals surface area contributed by atoms with Crippen LogP contribution in [0.25, 0.3) is 0 Å². The van der Waals surface area contributed by atoms with Gasteiger partial charge in [-0.3, -0.25) is 4.98 Å². The maximum atomic E-state index is 4.31. The van der Waals surface area contributed by atoms with Crippen molar-refractivity contribution in [2.45, 2.75) is 38.6 Å². The third-order valence-corrected chi connectivity index (χ3v) is 3.04. The minimum atomic E-state index is 0.165. The Morgan fingerprint density at radius 2 is 2.19 bits per heavy atom. The van der Waals surface area contributed by atoms with Crippen LogP contribution in [0.5, 0.6) is 0 Å². The molecule has 3 nitrogen and oxygen atoms in total. The molecule has 2 rings (SSSR count). The van der Waals surface area contributed by atoms with Crippen molar-refractivity contribution in [3.63, 3.8) is 0 Å². The normalized spacial score (nSPS) is 21.1. The van der Waals surface area contributed by atoms with Crippen molar-refractivity contribution in [2.75, 3.05) is 18.4 Å². The lowest BCUT2D eigenvalue weighted by atomic mass is 9.88. The monoisotopic (exact) mass is 219 g/mol. The van der Waals surface area contributed by atoms with Crippen LogP contribution in [0.4, 0.5) is 5.69 Å². The van der Waals surface area contributed by atoms with Gasteiger partial charge in [-0.1, -0.05) is 20.8 Å². The Bertz CT molecular complexity index is 348. The molecule has 0 radical (unpaired) electrons. The average Bonchev–Trinajstić information content (AvgIpc) is 2.70. The molecule has 88 valence electrons. The van der Waals surface area contributed by atoms with E-state index in [9.17, 15) is 0 Å². The van der Waals surface area contributed by atoms with Crippen LogP contribution in [0.3, 0.4) is 0 Å². The summed E-state index contributed by atoms with van der Waals surface area (Å²) in [6.07, 6.45) is 5.06. The van der Waals surface area contributed by atoms with Crippen molar-refractivity contribution in [1.82, 2.24) is 10.3 Å². The number of pyridine rings is 1. The number of nitrogens with zero attached hydrogens (tertiary/aromatic N) is 1. The zero-order chi connectivity index (χ0) is 11.6. The zero-order valence-corrected chi connectivity index (χ0v) is 10.4. The minimum Gasteiger partial charge on any atom is -0.380 e. The lowest BCUT2D eigenvalue weighted by molar-refractivity contribution is 0.587. The number of aromatic nitrogens is 1. The van der Waals surface area contributed by atoms with Gasteiger partial charge in [-0.15, -0.1) is 0 Å². The number of rotatable bonds is 2. The van der Waals surface area contributed by atoms with Gasteiger partial charge < -0.3 is 10.6 Å². The fraction of sp³-hybridized carbons (Fsp3) is 0.615. The Hall–Kier alpha value is -1.09. The summed E-state index contributed by atoms with van der Waals surface area (Å²) in [7, 11) is 0. The molecule has 3 heteroatoms. The van der Waals surface area contributed by atoms with E-state index >= 15 is 0 Å². The van der Waals surface area contributed by atoms with Crippen molar-refractivity contribution >= 4 is 5.69 Å². The summed E-state index contributed by atoms with van der Waals surface area (Å²) < 4.78 is 0.